The quantitative estimate of drug-likeness (QED) is 0.306. The highest BCUT2D eigenvalue weighted by Gasteiger charge is 2.36. The zero-order valence-corrected chi connectivity index (χ0v) is 20.9. The van der Waals surface area contributed by atoms with Crippen LogP contribution in [0, 0.1) is 6.92 Å². The third-order valence-electron chi connectivity index (χ3n) is 7.30. The minimum atomic E-state index is -0.266. The molecule has 0 saturated heterocycles. The van der Waals surface area contributed by atoms with E-state index in [4.69, 9.17) is 4.74 Å². The van der Waals surface area contributed by atoms with Gasteiger partial charge in [0.05, 0.1) is 17.4 Å². The number of ketones is 1. The normalized spacial score (nSPS) is 18.7. The largest absolute Gasteiger partial charge is 0.489 e. The lowest BCUT2D eigenvalue weighted by Gasteiger charge is -2.30. The second-order valence-corrected chi connectivity index (χ2v) is 9.93. The van der Waals surface area contributed by atoms with Gasteiger partial charge in [0, 0.05) is 17.7 Å². The molecule has 1 aliphatic heterocycles. The fourth-order valence-electron chi connectivity index (χ4n) is 5.34. The van der Waals surface area contributed by atoms with Crippen LogP contribution < -0.4 is 15.4 Å². The maximum atomic E-state index is 13.8. The van der Waals surface area contributed by atoms with Crippen molar-refractivity contribution in [2.75, 3.05) is 10.6 Å². The SMILES string of the molecule is Cc1ccc(C2CC(=O)C3=C(C2)Nc2ccccc2NC3c2cccc(OCc3ccccc3)c2)cc1. The molecule has 4 heteroatoms. The molecule has 2 atom stereocenters. The molecule has 2 aliphatic rings. The number of Topliss-reactive ketones (excluding diaryl/α,β-unsaturated/α-hetero) is 1. The molecule has 0 fully saturated rings. The lowest BCUT2D eigenvalue weighted by Crippen LogP contribution is -2.26. The van der Waals surface area contributed by atoms with E-state index in [1.807, 2.05) is 42.5 Å². The van der Waals surface area contributed by atoms with Gasteiger partial charge in [0.15, 0.2) is 5.78 Å². The standard InChI is InChI=1S/C33H30N2O2/c1-22-14-16-24(17-15-22)26-19-30-32(31(36)20-26)33(35-29-13-6-5-12-28(29)34-30)25-10-7-11-27(18-25)37-21-23-8-3-2-4-9-23/h2-18,26,33-35H,19-21H2,1H3. The smallest absolute Gasteiger partial charge is 0.163 e. The van der Waals surface area contributed by atoms with Crippen molar-refractivity contribution < 1.29 is 9.53 Å². The molecule has 4 nitrogen and oxygen atoms in total. The van der Waals surface area contributed by atoms with E-state index in [9.17, 15) is 4.79 Å². The molecule has 0 aromatic heterocycles. The number of fused-ring (bicyclic) bond motifs is 1. The van der Waals surface area contributed by atoms with Crippen molar-refractivity contribution >= 4 is 17.2 Å². The third-order valence-corrected chi connectivity index (χ3v) is 7.30. The number of para-hydroxylation sites is 2. The molecule has 1 heterocycles. The number of aryl methyl sites for hydroxylation is 1. The van der Waals surface area contributed by atoms with Gasteiger partial charge in [0.2, 0.25) is 0 Å². The summed E-state index contributed by atoms with van der Waals surface area (Å²) < 4.78 is 6.13. The second-order valence-electron chi connectivity index (χ2n) is 9.93. The summed E-state index contributed by atoms with van der Waals surface area (Å²) in [6.07, 6.45) is 1.29. The first-order chi connectivity index (χ1) is 18.1. The van der Waals surface area contributed by atoms with Crippen molar-refractivity contribution in [3.8, 4) is 5.75 Å². The van der Waals surface area contributed by atoms with Gasteiger partial charge in [-0.1, -0.05) is 84.4 Å². The summed E-state index contributed by atoms with van der Waals surface area (Å²) in [4.78, 5) is 13.8. The number of allylic oxidation sites excluding steroid dienone is 1. The summed E-state index contributed by atoms with van der Waals surface area (Å²) in [6.45, 7) is 2.59. The van der Waals surface area contributed by atoms with Crippen LogP contribution in [0.15, 0.2) is 114 Å². The molecule has 4 aromatic rings. The fourth-order valence-corrected chi connectivity index (χ4v) is 5.34. The van der Waals surface area contributed by atoms with Gasteiger partial charge in [-0.2, -0.15) is 0 Å². The highest BCUT2D eigenvalue weighted by atomic mass is 16.5. The van der Waals surface area contributed by atoms with E-state index < -0.39 is 0 Å². The number of benzene rings is 4. The predicted octanol–water partition coefficient (Wildman–Crippen LogP) is 7.55. The molecule has 1 aliphatic carbocycles. The second kappa shape index (κ2) is 9.98. The first-order valence-electron chi connectivity index (χ1n) is 12.9. The zero-order chi connectivity index (χ0) is 25.2. The van der Waals surface area contributed by atoms with Gasteiger partial charge in [-0.3, -0.25) is 4.79 Å². The monoisotopic (exact) mass is 486 g/mol. The third kappa shape index (κ3) is 4.88. The van der Waals surface area contributed by atoms with Crippen LogP contribution in [0.4, 0.5) is 11.4 Å². The Balaban J connectivity index is 1.35. The highest BCUT2D eigenvalue weighted by molar-refractivity contribution is 6.01. The first-order valence-corrected chi connectivity index (χ1v) is 12.9. The average molecular weight is 487 g/mol. The summed E-state index contributed by atoms with van der Waals surface area (Å²) in [5, 5.41) is 7.30. The van der Waals surface area contributed by atoms with E-state index in [0.29, 0.717) is 13.0 Å². The lowest BCUT2D eigenvalue weighted by atomic mass is 9.78. The minimum absolute atomic E-state index is 0.158. The van der Waals surface area contributed by atoms with E-state index in [2.05, 4.69) is 78.2 Å². The molecular formula is C33H30N2O2. The Morgan fingerprint density at radius 2 is 1.54 bits per heavy atom. The summed E-state index contributed by atoms with van der Waals surface area (Å²) in [6, 6.07) is 34.7. The number of rotatable bonds is 5. The van der Waals surface area contributed by atoms with E-state index in [1.165, 1.54) is 11.1 Å². The van der Waals surface area contributed by atoms with Gasteiger partial charge in [-0.25, -0.2) is 0 Å². The van der Waals surface area contributed by atoms with Crippen LogP contribution >= 0.6 is 0 Å². The zero-order valence-electron chi connectivity index (χ0n) is 20.9. The number of hydrogen-bond donors (Lipinski definition) is 2. The molecule has 2 unspecified atom stereocenters. The Morgan fingerprint density at radius 1 is 0.784 bits per heavy atom. The molecule has 184 valence electrons. The molecule has 6 rings (SSSR count). The van der Waals surface area contributed by atoms with Crippen LogP contribution in [0.5, 0.6) is 5.75 Å². The Bertz CT molecular complexity index is 1460. The maximum Gasteiger partial charge on any atom is 0.163 e. The number of hydrogen-bond acceptors (Lipinski definition) is 4. The number of ether oxygens (including phenoxy) is 1. The average Bonchev–Trinajstić information content (AvgIpc) is 3.10. The van der Waals surface area contributed by atoms with Gasteiger partial charge in [-0.05, 0) is 60.2 Å². The molecule has 37 heavy (non-hydrogen) atoms. The van der Waals surface area contributed by atoms with Crippen LogP contribution in [0.25, 0.3) is 0 Å². The van der Waals surface area contributed by atoms with Gasteiger partial charge in [-0.15, -0.1) is 0 Å². The van der Waals surface area contributed by atoms with E-state index in [-0.39, 0.29) is 17.7 Å². The van der Waals surface area contributed by atoms with Crippen LogP contribution in [-0.2, 0) is 11.4 Å². The van der Waals surface area contributed by atoms with Gasteiger partial charge in [0.1, 0.15) is 12.4 Å². The topological polar surface area (TPSA) is 50.4 Å². The fraction of sp³-hybridized carbons (Fsp3) is 0.182. The summed E-state index contributed by atoms with van der Waals surface area (Å²) in [7, 11) is 0. The van der Waals surface area contributed by atoms with Gasteiger partial charge >= 0.3 is 0 Å². The van der Waals surface area contributed by atoms with Crippen molar-refractivity contribution in [2.45, 2.75) is 38.3 Å². The van der Waals surface area contributed by atoms with Gasteiger partial charge in [0.25, 0.3) is 0 Å². The van der Waals surface area contributed by atoms with Crippen molar-refractivity contribution in [3.05, 3.63) is 137 Å². The van der Waals surface area contributed by atoms with Crippen molar-refractivity contribution in [2.24, 2.45) is 0 Å². The van der Waals surface area contributed by atoms with E-state index in [0.717, 1.165) is 45.9 Å². The molecule has 0 bridgehead atoms. The van der Waals surface area contributed by atoms with Gasteiger partial charge < -0.3 is 15.4 Å². The van der Waals surface area contributed by atoms with E-state index >= 15 is 0 Å². The minimum Gasteiger partial charge on any atom is -0.489 e. The Morgan fingerprint density at radius 3 is 2.35 bits per heavy atom. The number of carbonyl (C=O) groups is 1. The molecule has 0 radical (unpaired) electrons. The highest BCUT2D eigenvalue weighted by Crippen LogP contribution is 2.44. The molecule has 2 N–H and O–H groups in total. The first kappa shape index (κ1) is 23.1. The Hall–Kier alpha value is -4.31. The van der Waals surface area contributed by atoms with Crippen molar-refractivity contribution in [1.29, 1.82) is 0 Å². The van der Waals surface area contributed by atoms with Crippen LogP contribution in [-0.4, -0.2) is 5.78 Å². The number of nitrogens with one attached hydrogen (secondary N) is 2. The van der Waals surface area contributed by atoms with Crippen molar-refractivity contribution in [1.82, 2.24) is 0 Å². The molecule has 0 spiro atoms. The van der Waals surface area contributed by atoms with Crippen LogP contribution in [0.2, 0.25) is 0 Å². The summed E-state index contributed by atoms with van der Waals surface area (Å²) in [5.74, 6) is 1.13. The molecular weight excluding hydrogens is 456 g/mol. The Labute approximate surface area is 218 Å². The van der Waals surface area contributed by atoms with E-state index in [1.54, 1.807) is 0 Å². The number of carbonyl (C=O) groups excluding carboxylic acids is 1. The molecule has 0 saturated carbocycles. The number of anilines is 2. The molecule has 0 amide bonds. The predicted molar refractivity (Wildman–Crippen MR) is 149 cm³/mol. The maximum absolute atomic E-state index is 13.8. The lowest BCUT2D eigenvalue weighted by molar-refractivity contribution is -0.116. The van der Waals surface area contributed by atoms with Crippen molar-refractivity contribution in [3.63, 3.8) is 0 Å². The van der Waals surface area contributed by atoms with Crippen LogP contribution in [0.3, 0.4) is 0 Å². The Kier molecular flexibility index (Phi) is 6.23. The van der Waals surface area contributed by atoms with Crippen LogP contribution in [0.1, 0.15) is 47.1 Å². The summed E-state index contributed by atoms with van der Waals surface area (Å²) >= 11 is 0. The summed E-state index contributed by atoms with van der Waals surface area (Å²) in [5.41, 5.74) is 8.37. The molecule has 4 aromatic carbocycles.